The van der Waals surface area contributed by atoms with E-state index in [0.29, 0.717) is 5.69 Å². The Morgan fingerprint density at radius 2 is 1.83 bits per heavy atom. The number of nitrogens with one attached hydrogen (secondary N) is 1. The van der Waals surface area contributed by atoms with Crippen molar-refractivity contribution in [1.82, 2.24) is 0 Å². The van der Waals surface area contributed by atoms with Crippen molar-refractivity contribution in [1.29, 1.82) is 0 Å². The molecular formula is C13H19F3N2. The predicted molar refractivity (Wildman–Crippen MR) is 67.3 cm³/mol. The maximum Gasteiger partial charge on any atom is 0.416 e. The van der Waals surface area contributed by atoms with Gasteiger partial charge in [0, 0.05) is 18.3 Å². The fourth-order valence-electron chi connectivity index (χ4n) is 1.84. The second-order valence-corrected chi connectivity index (χ2v) is 4.23. The molecule has 102 valence electrons. The average molecular weight is 260 g/mol. The number of halogens is 3. The second-order valence-electron chi connectivity index (χ2n) is 4.23. The van der Waals surface area contributed by atoms with Gasteiger partial charge in [-0.15, -0.1) is 0 Å². The Balaban J connectivity index is 3.03. The third kappa shape index (κ3) is 3.63. The highest BCUT2D eigenvalue weighted by Gasteiger charge is 2.33. The van der Waals surface area contributed by atoms with Gasteiger partial charge in [-0.05, 0) is 30.5 Å². The predicted octanol–water partition coefficient (Wildman–Crippen LogP) is 3.76. The lowest BCUT2D eigenvalue weighted by Gasteiger charge is -2.19. The Bertz CT molecular complexity index is 384. The van der Waals surface area contributed by atoms with E-state index >= 15 is 0 Å². The van der Waals surface area contributed by atoms with Crippen LogP contribution in [-0.2, 0) is 12.7 Å². The first-order valence-electron chi connectivity index (χ1n) is 6.09. The fourth-order valence-corrected chi connectivity index (χ4v) is 1.84. The number of hydrogen-bond donors (Lipinski definition) is 2. The van der Waals surface area contributed by atoms with Crippen molar-refractivity contribution in [3.05, 3.63) is 29.3 Å². The van der Waals surface area contributed by atoms with Gasteiger partial charge in [0.2, 0.25) is 0 Å². The van der Waals surface area contributed by atoms with E-state index in [9.17, 15) is 13.2 Å². The molecule has 18 heavy (non-hydrogen) atoms. The van der Waals surface area contributed by atoms with Gasteiger partial charge in [-0.25, -0.2) is 0 Å². The highest BCUT2D eigenvalue weighted by atomic mass is 19.4. The Labute approximate surface area is 105 Å². The molecule has 1 rings (SSSR count). The first kappa shape index (κ1) is 14.8. The molecule has 3 N–H and O–H groups in total. The second kappa shape index (κ2) is 6.09. The molecule has 1 aromatic carbocycles. The van der Waals surface area contributed by atoms with Gasteiger partial charge in [0.15, 0.2) is 0 Å². The van der Waals surface area contributed by atoms with Crippen LogP contribution in [0.5, 0.6) is 0 Å². The number of rotatable bonds is 5. The van der Waals surface area contributed by atoms with Crippen molar-refractivity contribution >= 4 is 5.69 Å². The number of benzene rings is 1. The van der Waals surface area contributed by atoms with Crippen LogP contribution in [0.15, 0.2) is 18.2 Å². The standard InChI is InChI=1S/C13H19F3N2/c1-3-10(4-2)18-11-6-5-9(8-17)12(7-11)13(14,15)16/h5-7,10,18H,3-4,8,17H2,1-2H3. The molecule has 0 saturated carbocycles. The molecule has 0 radical (unpaired) electrons. The van der Waals surface area contributed by atoms with E-state index in [1.165, 1.54) is 6.07 Å². The number of alkyl halides is 3. The van der Waals surface area contributed by atoms with Crippen LogP contribution in [0.2, 0.25) is 0 Å². The lowest BCUT2D eigenvalue weighted by atomic mass is 10.1. The Morgan fingerprint density at radius 3 is 2.28 bits per heavy atom. The fraction of sp³-hybridized carbons (Fsp3) is 0.538. The maximum absolute atomic E-state index is 12.8. The van der Waals surface area contributed by atoms with Gasteiger partial charge >= 0.3 is 6.18 Å². The highest BCUT2D eigenvalue weighted by Crippen LogP contribution is 2.33. The van der Waals surface area contributed by atoms with Crippen LogP contribution in [0.3, 0.4) is 0 Å². The van der Waals surface area contributed by atoms with Crippen molar-refractivity contribution in [2.24, 2.45) is 5.73 Å². The van der Waals surface area contributed by atoms with Crippen molar-refractivity contribution in [2.45, 2.75) is 45.5 Å². The molecule has 5 heteroatoms. The van der Waals surface area contributed by atoms with E-state index < -0.39 is 11.7 Å². The summed E-state index contributed by atoms with van der Waals surface area (Å²) in [6.07, 6.45) is -2.62. The third-order valence-corrected chi connectivity index (χ3v) is 2.99. The lowest BCUT2D eigenvalue weighted by molar-refractivity contribution is -0.138. The molecule has 0 spiro atoms. The van der Waals surface area contributed by atoms with E-state index in [-0.39, 0.29) is 18.2 Å². The van der Waals surface area contributed by atoms with Crippen LogP contribution in [0, 0.1) is 0 Å². The van der Waals surface area contributed by atoms with Crippen LogP contribution in [0.4, 0.5) is 18.9 Å². The van der Waals surface area contributed by atoms with Gasteiger partial charge in [-0.3, -0.25) is 0 Å². The van der Waals surface area contributed by atoms with Gasteiger partial charge in [-0.1, -0.05) is 19.9 Å². The van der Waals surface area contributed by atoms with Gasteiger partial charge in [0.25, 0.3) is 0 Å². The Morgan fingerprint density at radius 1 is 1.22 bits per heavy atom. The van der Waals surface area contributed by atoms with Gasteiger partial charge < -0.3 is 11.1 Å². The van der Waals surface area contributed by atoms with E-state index in [0.717, 1.165) is 18.9 Å². The van der Waals surface area contributed by atoms with Crippen LogP contribution in [0.25, 0.3) is 0 Å². The minimum Gasteiger partial charge on any atom is -0.382 e. The molecule has 0 aliphatic heterocycles. The minimum atomic E-state index is -4.36. The SMILES string of the molecule is CCC(CC)Nc1ccc(CN)c(C(F)(F)F)c1. The number of anilines is 1. The van der Waals surface area contributed by atoms with Crippen LogP contribution in [0.1, 0.15) is 37.8 Å². The highest BCUT2D eigenvalue weighted by molar-refractivity contribution is 5.50. The summed E-state index contributed by atoms with van der Waals surface area (Å²) in [5, 5.41) is 3.10. The summed E-state index contributed by atoms with van der Waals surface area (Å²) in [4.78, 5) is 0. The Kier molecular flexibility index (Phi) is 5.02. The van der Waals surface area contributed by atoms with E-state index in [4.69, 9.17) is 5.73 Å². The molecule has 2 nitrogen and oxygen atoms in total. The molecule has 0 atom stereocenters. The van der Waals surface area contributed by atoms with Gasteiger partial charge in [0.05, 0.1) is 5.56 Å². The molecule has 0 saturated heterocycles. The summed E-state index contributed by atoms with van der Waals surface area (Å²) in [6, 6.07) is 4.42. The largest absolute Gasteiger partial charge is 0.416 e. The molecule has 0 amide bonds. The zero-order chi connectivity index (χ0) is 13.8. The summed E-state index contributed by atoms with van der Waals surface area (Å²) >= 11 is 0. The van der Waals surface area contributed by atoms with Gasteiger partial charge in [-0.2, -0.15) is 13.2 Å². The number of nitrogens with two attached hydrogens (primary N) is 1. The molecule has 1 aromatic rings. The Hall–Kier alpha value is -1.23. The zero-order valence-electron chi connectivity index (χ0n) is 10.6. The number of hydrogen-bond acceptors (Lipinski definition) is 2. The maximum atomic E-state index is 12.8. The summed E-state index contributed by atoms with van der Waals surface area (Å²) in [7, 11) is 0. The molecule has 0 heterocycles. The van der Waals surface area contributed by atoms with Crippen LogP contribution in [-0.4, -0.2) is 6.04 Å². The summed E-state index contributed by atoms with van der Waals surface area (Å²) in [5.74, 6) is 0. The van der Waals surface area contributed by atoms with Crippen molar-refractivity contribution in [2.75, 3.05) is 5.32 Å². The monoisotopic (exact) mass is 260 g/mol. The quantitative estimate of drug-likeness (QED) is 0.845. The molecule has 0 aliphatic carbocycles. The zero-order valence-corrected chi connectivity index (χ0v) is 10.6. The molecule has 0 bridgehead atoms. The van der Waals surface area contributed by atoms with E-state index in [2.05, 4.69) is 5.32 Å². The molecule has 0 aliphatic rings. The molecule has 0 fully saturated rings. The normalized spacial score (nSPS) is 11.9. The first-order chi connectivity index (χ1) is 8.42. The molecule has 0 aromatic heterocycles. The van der Waals surface area contributed by atoms with Crippen molar-refractivity contribution < 1.29 is 13.2 Å². The van der Waals surface area contributed by atoms with Crippen molar-refractivity contribution in [3.8, 4) is 0 Å². The van der Waals surface area contributed by atoms with Crippen LogP contribution >= 0.6 is 0 Å². The average Bonchev–Trinajstić information content (AvgIpc) is 2.34. The first-order valence-corrected chi connectivity index (χ1v) is 6.09. The molecular weight excluding hydrogens is 241 g/mol. The van der Waals surface area contributed by atoms with Crippen LogP contribution < -0.4 is 11.1 Å². The lowest BCUT2D eigenvalue weighted by Crippen LogP contribution is -2.18. The summed E-state index contributed by atoms with van der Waals surface area (Å²) < 4.78 is 38.5. The van der Waals surface area contributed by atoms with Gasteiger partial charge in [0.1, 0.15) is 0 Å². The van der Waals surface area contributed by atoms with Crippen molar-refractivity contribution in [3.63, 3.8) is 0 Å². The third-order valence-electron chi connectivity index (χ3n) is 2.99. The summed E-state index contributed by atoms with van der Waals surface area (Å²) in [5.41, 5.74) is 5.30. The van der Waals surface area contributed by atoms with E-state index in [1.54, 1.807) is 6.07 Å². The summed E-state index contributed by atoms with van der Waals surface area (Å²) in [6.45, 7) is 3.89. The minimum absolute atomic E-state index is 0.111. The topological polar surface area (TPSA) is 38.0 Å². The molecule has 0 unspecified atom stereocenters. The van der Waals surface area contributed by atoms with E-state index in [1.807, 2.05) is 13.8 Å². The smallest absolute Gasteiger partial charge is 0.382 e.